The maximum Gasteiger partial charge on any atom is 0.266 e. The molecule has 6 nitrogen and oxygen atoms in total. The van der Waals surface area contributed by atoms with Gasteiger partial charge >= 0.3 is 0 Å². The molecule has 0 bridgehead atoms. The summed E-state index contributed by atoms with van der Waals surface area (Å²) >= 11 is 0. The number of anilines is 1. The van der Waals surface area contributed by atoms with Gasteiger partial charge in [-0.05, 0) is 48.4 Å². The lowest BCUT2D eigenvalue weighted by Gasteiger charge is -2.06. The average molecular weight is 341 g/mol. The third-order valence-corrected chi connectivity index (χ3v) is 4.22. The quantitative estimate of drug-likeness (QED) is 0.655. The molecule has 0 fully saturated rings. The van der Waals surface area contributed by atoms with Gasteiger partial charge in [-0.25, -0.2) is 13.6 Å². The number of hydrogen-bond donors (Lipinski definition) is 2. The van der Waals surface area contributed by atoms with Crippen molar-refractivity contribution in [3.8, 4) is 6.07 Å². The number of amides is 1. The molecule has 0 aromatic heterocycles. The van der Waals surface area contributed by atoms with Crippen LogP contribution in [0.4, 0.5) is 5.69 Å². The maximum absolute atomic E-state index is 12.2. The van der Waals surface area contributed by atoms with Crippen LogP contribution in [0.25, 0.3) is 6.08 Å². The zero-order valence-corrected chi connectivity index (χ0v) is 13.7. The van der Waals surface area contributed by atoms with Gasteiger partial charge in [-0.3, -0.25) is 4.79 Å². The van der Waals surface area contributed by atoms with Crippen molar-refractivity contribution >= 4 is 27.7 Å². The van der Waals surface area contributed by atoms with Crippen LogP contribution in [0.3, 0.4) is 0 Å². The van der Waals surface area contributed by atoms with E-state index in [2.05, 4.69) is 5.32 Å². The molecule has 2 aromatic carbocycles. The summed E-state index contributed by atoms with van der Waals surface area (Å²) < 4.78 is 22.4. The second-order valence-electron chi connectivity index (χ2n) is 5.05. The average Bonchev–Trinajstić information content (AvgIpc) is 2.53. The predicted octanol–water partition coefficient (Wildman–Crippen LogP) is 2.19. The van der Waals surface area contributed by atoms with Crippen molar-refractivity contribution in [2.75, 3.05) is 5.32 Å². The third-order valence-electron chi connectivity index (χ3n) is 3.29. The fraction of sp³-hybridized carbons (Fsp3) is 0.0588. The molecule has 0 atom stereocenters. The smallest absolute Gasteiger partial charge is 0.266 e. The first-order valence-corrected chi connectivity index (χ1v) is 8.47. The van der Waals surface area contributed by atoms with E-state index in [-0.39, 0.29) is 10.5 Å². The minimum atomic E-state index is -3.79. The van der Waals surface area contributed by atoms with Crippen LogP contribution < -0.4 is 10.5 Å². The molecule has 0 aliphatic heterocycles. The van der Waals surface area contributed by atoms with Crippen molar-refractivity contribution in [1.82, 2.24) is 0 Å². The molecule has 2 rings (SSSR count). The zero-order chi connectivity index (χ0) is 17.7. The summed E-state index contributed by atoms with van der Waals surface area (Å²) in [6.07, 6.45) is 1.50. The van der Waals surface area contributed by atoms with Crippen LogP contribution >= 0.6 is 0 Å². The summed E-state index contributed by atoms with van der Waals surface area (Å²) in [6, 6.07) is 14.6. The highest BCUT2D eigenvalue weighted by Crippen LogP contribution is 2.16. The lowest BCUT2D eigenvalue weighted by atomic mass is 10.1. The van der Waals surface area contributed by atoms with E-state index in [4.69, 9.17) is 5.14 Å². The summed E-state index contributed by atoms with van der Waals surface area (Å²) in [7, 11) is -3.79. The Bertz CT molecular complexity index is 940. The SMILES string of the molecule is Cc1ccccc1/C=C(\C#N)C(=O)Nc1ccc(S(N)(=O)=O)cc1. The molecule has 1 amide bonds. The number of sulfonamides is 1. The summed E-state index contributed by atoms with van der Waals surface area (Å²) in [5.74, 6) is -0.580. The van der Waals surface area contributed by atoms with Crippen LogP contribution in [-0.4, -0.2) is 14.3 Å². The van der Waals surface area contributed by atoms with E-state index in [0.717, 1.165) is 11.1 Å². The Kier molecular flexibility index (Phi) is 5.14. The van der Waals surface area contributed by atoms with Crippen LogP contribution in [0.5, 0.6) is 0 Å². The van der Waals surface area contributed by atoms with Crippen molar-refractivity contribution < 1.29 is 13.2 Å². The molecule has 24 heavy (non-hydrogen) atoms. The normalized spacial score (nSPS) is 11.6. The second-order valence-corrected chi connectivity index (χ2v) is 6.61. The predicted molar refractivity (Wildman–Crippen MR) is 91.2 cm³/mol. The number of nitrogens with one attached hydrogen (secondary N) is 1. The minimum Gasteiger partial charge on any atom is -0.321 e. The number of nitriles is 1. The number of aryl methyl sites for hydroxylation is 1. The second kappa shape index (κ2) is 7.08. The third kappa shape index (κ3) is 4.29. The zero-order valence-electron chi connectivity index (χ0n) is 12.9. The van der Waals surface area contributed by atoms with E-state index in [9.17, 15) is 18.5 Å². The molecule has 0 aliphatic carbocycles. The topological polar surface area (TPSA) is 113 Å². The lowest BCUT2D eigenvalue weighted by Crippen LogP contribution is -2.14. The first kappa shape index (κ1) is 17.4. The maximum atomic E-state index is 12.2. The van der Waals surface area contributed by atoms with Crippen LogP contribution in [0, 0.1) is 18.3 Å². The molecule has 7 heteroatoms. The van der Waals surface area contributed by atoms with Gasteiger partial charge in [0.25, 0.3) is 5.91 Å². The number of primary sulfonamides is 1. The molecule has 0 spiro atoms. The number of nitrogens with two attached hydrogens (primary N) is 1. The first-order valence-electron chi connectivity index (χ1n) is 6.93. The van der Waals surface area contributed by atoms with Gasteiger partial charge in [-0.15, -0.1) is 0 Å². The van der Waals surface area contributed by atoms with Gasteiger partial charge in [0.05, 0.1) is 4.90 Å². The monoisotopic (exact) mass is 341 g/mol. The standard InChI is InChI=1S/C17H15N3O3S/c1-12-4-2-3-5-13(12)10-14(11-18)17(21)20-15-6-8-16(9-7-15)24(19,22)23/h2-10H,1H3,(H,20,21)(H2,19,22,23)/b14-10+. The van der Waals surface area contributed by atoms with Gasteiger partial charge in [0.2, 0.25) is 10.0 Å². The molecule has 0 aliphatic rings. The fourth-order valence-electron chi connectivity index (χ4n) is 1.98. The highest BCUT2D eigenvalue weighted by molar-refractivity contribution is 7.89. The molecular weight excluding hydrogens is 326 g/mol. The molecule has 0 heterocycles. The van der Waals surface area contributed by atoms with E-state index >= 15 is 0 Å². The van der Waals surface area contributed by atoms with Gasteiger partial charge in [0.15, 0.2) is 0 Å². The summed E-state index contributed by atoms with van der Waals surface area (Å²) in [4.78, 5) is 12.1. The van der Waals surface area contributed by atoms with Gasteiger partial charge < -0.3 is 5.32 Å². The summed E-state index contributed by atoms with van der Waals surface area (Å²) in [5, 5.41) is 16.8. The van der Waals surface area contributed by atoms with Crippen molar-refractivity contribution in [2.24, 2.45) is 5.14 Å². The van der Waals surface area contributed by atoms with Crippen LogP contribution in [-0.2, 0) is 14.8 Å². The van der Waals surface area contributed by atoms with Gasteiger partial charge in [-0.1, -0.05) is 24.3 Å². The molecule has 2 aromatic rings. The Labute approximate surface area is 140 Å². The Morgan fingerprint density at radius 2 is 1.79 bits per heavy atom. The fourth-order valence-corrected chi connectivity index (χ4v) is 2.49. The Balaban J connectivity index is 2.22. The Hall–Kier alpha value is -2.95. The van der Waals surface area contributed by atoms with Crippen molar-refractivity contribution in [2.45, 2.75) is 11.8 Å². The molecule has 122 valence electrons. The van der Waals surface area contributed by atoms with E-state index in [0.29, 0.717) is 5.69 Å². The molecule has 0 unspecified atom stereocenters. The molecule has 0 saturated heterocycles. The van der Waals surface area contributed by atoms with E-state index in [1.807, 2.05) is 31.2 Å². The highest BCUT2D eigenvalue weighted by atomic mass is 32.2. The van der Waals surface area contributed by atoms with Crippen molar-refractivity contribution in [1.29, 1.82) is 5.26 Å². The number of carbonyl (C=O) groups is 1. The first-order chi connectivity index (χ1) is 11.3. The number of hydrogen-bond acceptors (Lipinski definition) is 4. The van der Waals surface area contributed by atoms with E-state index in [1.54, 1.807) is 6.07 Å². The number of nitrogens with zero attached hydrogens (tertiary/aromatic N) is 1. The van der Waals surface area contributed by atoms with Gasteiger partial charge in [0, 0.05) is 5.69 Å². The lowest BCUT2D eigenvalue weighted by molar-refractivity contribution is -0.112. The largest absolute Gasteiger partial charge is 0.321 e. The molecule has 0 saturated carbocycles. The Morgan fingerprint density at radius 1 is 1.17 bits per heavy atom. The van der Waals surface area contributed by atoms with Crippen LogP contribution in [0.15, 0.2) is 59.0 Å². The summed E-state index contributed by atoms with van der Waals surface area (Å²) in [6.45, 7) is 1.88. The highest BCUT2D eigenvalue weighted by Gasteiger charge is 2.11. The van der Waals surface area contributed by atoms with Crippen LogP contribution in [0.2, 0.25) is 0 Å². The number of carbonyl (C=O) groups excluding carboxylic acids is 1. The van der Waals surface area contributed by atoms with Crippen molar-refractivity contribution in [3.63, 3.8) is 0 Å². The van der Waals surface area contributed by atoms with Gasteiger partial charge in [0.1, 0.15) is 11.6 Å². The number of rotatable bonds is 4. The summed E-state index contributed by atoms with van der Waals surface area (Å²) in [5.41, 5.74) is 2.02. The minimum absolute atomic E-state index is 0.0557. The van der Waals surface area contributed by atoms with E-state index in [1.165, 1.54) is 30.3 Å². The van der Waals surface area contributed by atoms with E-state index < -0.39 is 15.9 Å². The molecular formula is C17H15N3O3S. The molecule has 3 N–H and O–H groups in total. The van der Waals surface area contributed by atoms with Crippen LogP contribution in [0.1, 0.15) is 11.1 Å². The number of benzene rings is 2. The van der Waals surface area contributed by atoms with Gasteiger partial charge in [-0.2, -0.15) is 5.26 Å². The molecule has 0 radical (unpaired) electrons. The van der Waals surface area contributed by atoms with Crippen molar-refractivity contribution in [3.05, 3.63) is 65.2 Å². The Morgan fingerprint density at radius 3 is 2.33 bits per heavy atom.